The first-order valence-electron chi connectivity index (χ1n) is 12.5. The molecule has 0 spiro atoms. The molecule has 0 amide bonds. The van der Waals surface area contributed by atoms with Gasteiger partial charge < -0.3 is 24.7 Å². The van der Waals surface area contributed by atoms with Crippen molar-refractivity contribution >= 4 is 0 Å². The average Bonchev–Trinajstić information content (AvgIpc) is 2.86. The van der Waals surface area contributed by atoms with E-state index in [0.29, 0.717) is 12.0 Å². The van der Waals surface area contributed by atoms with Crippen LogP contribution in [0, 0.1) is 5.92 Å². The molecule has 0 aromatic heterocycles. The van der Waals surface area contributed by atoms with Gasteiger partial charge in [0, 0.05) is 30.6 Å². The fourth-order valence-corrected chi connectivity index (χ4v) is 6.07. The lowest BCUT2D eigenvalue weighted by Gasteiger charge is -2.52. The van der Waals surface area contributed by atoms with Crippen LogP contribution in [-0.4, -0.2) is 52.0 Å². The molecule has 5 atom stereocenters. The zero-order valence-corrected chi connectivity index (χ0v) is 21.5. The first-order valence-corrected chi connectivity index (χ1v) is 12.5. The van der Waals surface area contributed by atoms with Crippen molar-refractivity contribution in [2.75, 3.05) is 35.0 Å². The summed E-state index contributed by atoms with van der Waals surface area (Å²) in [6.45, 7) is 5.62. The molecule has 4 rings (SSSR count). The summed E-state index contributed by atoms with van der Waals surface area (Å²) in [5.41, 5.74) is 10.5. The highest BCUT2D eigenvalue weighted by Crippen LogP contribution is 2.51. The lowest BCUT2D eigenvalue weighted by atomic mass is 9.71. The maximum absolute atomic E-state index is 6.76. The standard InChI is InChI=1S/C28H40N2O4/c1-7-8-9-19-16-30-17(2)28(18-10-11-24(31-3)25(12-18)32-4)21-14-27(34-6)26(33-5)13-20(21)23(30)15-22(19)29/h10-14,17,19,22-23,28H,7-9,15-16,29H2,1-6H3/t17-,19+,22?,23+,28-/m0/s1. The van der Waals surface area contributed by atoms with E-state index < -0.39 is 0 Å². The molecule has 186 valence electrons. The quantitative estimate of drug-likeness (QED) is 0.579. The molecule has 0 saturated carbocycles. The molecule has 0 aliphatic carbocycles. The molecule has 0 bridgehead atoms. The molecule has 1 unspecified atom stereocenters. The number of hydrogen-bond acceptors (Lipinski definition) is 6. The van der Waals surface area contributed by atoms with Gasteiger partial charge in [-0.15, -0.1) is 0 Å². The minimum atomic E-state index is 0.159. The third-order valence-electron chi connectivity index (χ3n) is 7.93. The molecule has 34 heavy (non-hydrogen) atoms. The summed E-state index contributed by atoms with van der Waals surface area (Å²) >= 11 is 0. The number of methoxy groups -OCH3 is 4. The normalized spacial score (nSPS) is 26.4. The van der Waals surface area contributed by atoms with E-state index in [9.17, 15) is 0 Å². The molecule has 2 aromatic carbocycles. The number of nitrogens with two attached hydrogens (primary N) is 1. The maximum atomic E-state index is 6.76. The Bertz CT molecular complexity index is 995. The van der Waals surface area contributed by atoms with Crippen molar-refractivity contribution in [3.63, 3.8) is 0 Å². The highest BCUT2D eigenvalue weighted by atomic mass is 16.5. The molecular formula is C28H40N2O4. The second kappa shape index (κ2) is 10.4. The second-order valence-electron chi connectivity index (χ2n) is 9.68. The molecule has 1 saturated heterocycles. The molecule has 0 radical (unpaired) electrons. The number of benzene rings is 2. The largest absolute Gasteiger partial charge is 0.493 e. The number of fused-ring (bicyclic) bond motifs is 3. The summed E-state index contributed by atoms with van der Waals surface area (Å²) in [6, 6.07) is 11.4. The maximum Gasteiger partial charge on any atom is 0.161 e. The van der Waals surface area contributed by atoms with Crippen LogP contribution in [0.15, 0.2) is 30.3 Å². The minimum Gasteiger partial charge on any atom is -0.493 e. The van der Waals surface area contributed by atoms with E-state index in [0.717, 1.165) is 36.0 Å². The van der Waals surface area contributed by atoms with Crippen molar-refractivity contribution in [1.82, 2.24) is 4.90 Å². The van der Waals surface area contributed by atoms with Crippen LogP contribution in [0.1, 0.15) is 68.2 Å². The van der Waals surface area contributed by atoms with Gasteiger partial charge in [0.1, 0.15) is 0 Å². The fourth-order valence-electron chi connectivity index (χ4n) is 6.07. The van der Waals surface area contributed by atoms with Crippen LogP contribution < -0.4 is 24.7 Å². The van der Waals surface area contributed by atoms with E-state index in [1.807, 2.05) is 6.07 Å². The molecular weight excluding hydrogens is 428 g/mol. The molecule has 2 N–H and O–H groups in total. The van der Waals surface area contributed by atoms with Crippen LogP contribution >= 0.6 is 0 Å². The van der Waals surface area contributed by atoms with Crippen LogP contribution in [0.25, 0.3) is 0 Å². The molecule has 2 aliphatic heterocycles. The average molecular weight is 469 g/mol. The van der Waals surface area contributed by atoms with Crippen molar-refractivity contribution in [1.29, 1.82) is 0 Å². The summed E-state index contributed by atoms with van der Waals surface area (Å²) in [5, 5.41) is 0. The summed E-state index contributed by atoms with van der Waals surface area (Å²) in [4.78, 5) is 2.68. The van der Waals surface area contributed by atoms with Crippen LogP contribution in [0.4, 0.5) is 0 Å². The third kappa shape index (κ3) is 4.34. The highest BCUT2D eigenvalue weighted by Gasteiger charge is 2.45. The Balaban J connectivity index is 1.84. The Kier molecular flexibility index (Phi) is 7.58. The molecule has 2 aliphatic rings. The molecule has 2 heterocycles. The zero-order valence-electron chi connectivity index (χ0n) is 21.5. The van der Waals surface area contributed by atoms with Gasteiger partial charge in [-0.25, -0.2) is 0 Å². The second-order valence-corrected chi connectivity index (χ2v) is 9.68. The number of nitrogens with zero attached hydrogens (tertiary/aromatic N) is 1. The minimum absolute atomic E-state index is 0.159. The van der Waals surface area contributed by atoms with Crippen molar-refractivity contribution in [2.24, 2.45) is 11.7 Å². The van der Waals surface area contributed by atoms with Crippen molar-refractivity contribution in [2.45, 2.75) is 63.6 Å². The first-order chi connectivity index (χ1) is 16.5. The topological polar surface area (TPSA) is 66.2 Å². The van der Waals surface area contributed by atoms with Crippen LogP contribution in [0.2, 0.25) is 0 Å². The zero-order chi connectivity index (χ0) is 24.4. The van der Waals surface area contributed by atoms with Gasteiger partial charge in [-0.3, -0.25) is 4.90 Å². The van der Waals surface area contributed by atoms with Gasteiger partial charge >= 0.3 is 0 Å². The van der Waals surface area contributed by atoms with E-state index in [1.54, 1.807) is 28.4 Å². The Morgan fingerprint density at radius 2 is 1.50 bits per heavy atom. The molecule has 6 nitrogen and oxygen atoms in total. The number of rotatable bonds is 8. The Labute approximate surface area is 204 Å². The lowest BCUT2D eigenvalue weighted by molar-refractivity contribution is 0.0349. The number of hydrogen-bond donors (Lipinski definition) is 1. The van der Waals surface area contributed by atoms with Gasteiger partial charge in [0.2, 0.25) is 0 Å². The summed E-state index contributed by atoms with van der Waals surface area (Å²) in [5.74, 6) is 3.69. The highest BCUT2D eigenvalue weighted by molar-refractivity contribution is 5.55. The van der Waals surface area contributed by atoms with E-state index in [-0.39, 0.29) is 18.0 Å². The van der Waals surface area contributed by atoms with Crippen LogP contribution in [0.5, 0.6) is 23.0 Å². The smallest absolute Gasteiger partial charge is 0.161 e. The van der Waals surface area contributed by atoms with Crippen LogP contribution in [-0.2, 0) is 0 Å². The summed E-state index contributed by atoms with van der Waals surface area (Å²) < 4.78 is 22.6. The van der Waals surface area contributed by atoms with Crippen molar-refractivity contribution in [3.05, 3.63) is 47.0 Å². The Morgan fingerprint density at radius 1 is 0.882 bits per heavy atom. The molecule has 1 fully saturated rings. The lowest BCUT2D eigenvalue weighted by Crippen LogP contribution is -2.55. The summed E-state index contributed by atoms with van der Waals surface area (Å²) in [7, 11) is 6.76. The Hall–Kier alpha value is -2.44. The van der Waals surface area contributed by atoms with Crippen molar-refractivity contribution in [3.8, 4) is 23.0 Å². The number of piperidine rings is 1. The van der Waals surface area contributed by atoms with E-state index in [4.69, 9.17) is 24.7 Å². The van der Waals surface area contributed by atoms with Gasteiger partial charge in [0.05, 0.1) is 28.4 Å². The monoisotopic (exact) mass is 468 g/mol. The van der Waals surface area contributed by atoms with Gasteiger partial charge in [-0.05, 0) is 66.6 Å². The van der Waals surface area contributed by atoms with Gasteiger partial charge in [-0.2, -0.15) is 0 Å². The van der Waals surface area contributed by atoms with Crippen molar-refractivity contribution < 1.29 is 18.9 Å². The van der Waals surface area contributed by atoms with Gasteiger partial charge in [0.15, 0.2) is 23.0 Å². The Morgan fingerprint density at radius 3 is 2.12 bits per heavy atom. The van der Waals surface area contributed by atoms with E-state index in [2.05, 4.69) is 43.0 Å². The molecule has 6 heteroatoms. The fraction of sp³-hybridized carbons (Fsp3) is 0.571. The third-order valence-corrected chi connectivity index (χ3v) is 7.93. The van der Waals surface area contributed by atoms with Gasteiger partial charge in [0.25, 0.3) is 0 Å². The number of unbranched alkanes of at least 4 members (excludes halogenated alkanes) is 1. The van der Waals surface area contributed by atoms with Gasteiger partial charge in [-0.1, -0.05) is 25.8 Å². The van der Waals surface area contributed by atoms with E-state index >= 15 is 0 Å². The van der Waals surface area contributed by atoms with E-state index in [1.165, 1.54) is 36.0 Å². The summed E-state index contributed by atoms with van der Waals surface area (Å²) in [6.07, 6.45) is 4.58. The van der Waals surface area contributed by atoms with Crippen LogP contribution in [0.3, 0.4) is 0 Å². The first kappa shape index (κ1) is 24.7. The predicted octanol–water partition coefficient (Wildman–Crippen LogP) is 5.14. The molecule has 2 aromatic rings. The SMILES string of the molecule is CCCC[C@@H]1CN2[C@H](CC1N)c1cc(OC)c(OC)cc1[C@H](c1ccc(OC)c(OC)c1)[C@@H]2C. The predicted molar refractivity (Wildman–Crippen MR) is 135 cm³/mol. The number of ether oxygens (including phenoxy) is 4.